The van der Waals surface area contributed by atoms with Gasteiger partial charge in [0.05, 0.1) is 16.7 Å². The SMILES string of the molecule is CC1(C)c2ccccc2-c2cc(-c3cccc(N(c4ccc5oc6ccccc6c5c4)c4ccc5c6ccccc6n(-c6ccccc6)c5c4)c3-c3cccc(-c4ccccc4)c3)ccc21. The van der Waals surface area contributed by atoms with E-state index in [4.69, 9.17) is 4.42 Å². The second-order valence-electron chi connectivity index (χ2n) is 18.1. The normalized spacial score (nSPS) is 12.8. The Kier molecular flexibility index (Phi) is 8.56. The molecule has 66 heavy (non-hydrogen) atoms. The van der Waals surface area contributed by atoms with Crippen LogP contribution in [0.15, 0.2) is 235 Å². The topological polar surface area (TPSA) is 21.3 Å². The Morgan fingerprint density at radius 2 is 1.02 bits per heavy atom. The summed E-state index contributed by atoms with van der Waals surface area (Å²) in [5.74, 6) is 0. The number of benzene rings is 10. The lowest BCUT2D eigenvalue weighted by atomic mass is 9.82. The maximum Gasteiger partial charge on any atom is 0.135 e. The third-order valence-electron chi connectivity index (χ3n) is 14.0. The molecule has 3 nitrogen and oxygen atoms in total. The first kappa shape index (κ1) is 38.1. The van der Waals surface area contributed by atoms with Crippen molar-refractivity contribution in [3.63, 3.8) is 0 Å². The van der Waals surface area contributed by atoms with Gasteiger partial charge in [0.2, 0.25) is 0 Å². The second kappa shape index (κ2) is 14.8. The molecule has 0 saturated heterocycles. The molecule has 0 aliphatic heterocycles. The summed E-state index contributed by atoms with van der Waals surface area (Å²) in [4.78, 5) is 2.47. The van der Waals surface area contributed by atoms with Gasteiger partial charge in [0.15, 0.2) is 0 Å². The molecular formula is C63H44N2O. The number of hydrogen-bond donors (Lipinski definition) is 0. The third kappa shape index (κ3) is 5.90. The van der Waals surface area contributed by atoms with Gasteiger partial charge in [-0.15, -0.1) is 0 Å². The van der Waals surface area contributed by atoms with Crippen LogP contribution in [-0.4, -0.2) is 4.57 Å². The Bertz CT molecular complexity index is 3850. The van der Waals surface area contributed by atoms with Crippen LogP contribution >= 0.6 is 0 Å². The van der Waals surface area contributed by atoms with E-state index in [1.165, 1.54) is 60.8 Å². The monoisotopic (exact) mass is 844 g/mol. The number of aromatic nitrogens is 1. The zero-order chi connectivity index (χ0) is 43.9. The summed E-state index contributed by atoms with van der Waals surface area (Å²) < 4.78 is 8.84. The van der Waals surface area contributed by atoms with Gasteiger partial charge in [0.25, 0.3) is 0 Å². The molecule has 0 fully saturated rings. The second-order valence-corrected chi connectivity index (χ2v) is 18.1. The fourth-order valence-electron chi connectivity index (χ4n) is 10.9. The van der Waals surface area contributed by atoms with Crippen LogP contribution in [-0.2, 0) is 5.41 Å². The minimum Gasteiger partial charge on any atom is -0.456 e. The molecule has 2 heterocycles. The standard InChI is InChI=1S/C63H44N2O/c1-63(2)55-27-12-9-23-49(55)53-38-43(31-35-56(53)63)48-26-16-29-58(62(48)44-20-15-19-42(37-44)41-17-5-3-6-18-41)64(46-33-36-61-54(39-46)52-25-11-14-30-60(52)66-61)47-32-34-51-50-24-10-13-28-57(50)65(59(51)40-47)45-21-7-4-8-22-45/h3-40H,1-2H3. The van der Waals surface area contributed by atoms with Crippen LogP contribution in [0.1, 0.15) is 25.0 Å². The van der Waals surface area contributed by atoms with Crippen molar-refractivity contribution in [2.24, 2.45) is 0 Å². The summed E-state index contributed by atoms with van der Waals surface area (Å²) in [5, 5.41) is 4.61. The number of nitrogens with zero attached hydrogens (tertiary/aromatic N) is 2. The molecule has 0 unspecified atom stereocenters. The van der Waals surface area contributed by atoms with E-state index in [1.807, 2.05) is 6.07 Å². The van der Waals surface area contributed by atoms with Crippen LogP contribution in [0.5, 0.6) is 0 Å². The van der Waals surface area contributed by atoms with E-state index in [0.717, 1.165) is 61.3 Å². The van der Waals surface area contributed by atoms with Crippen LogP contribution in [0.2, 0.25) is 0 Å². The molecular weight excluding hydrogens is 801 g/mol. The van der Waals surface area contributed by atoms with Crippen LogP contribution < -0.4 is 4.90 Å². The minimum atomic E-state index is -0.0906. The van der Waals surface area contributed by atoms with Crippen LogP contribution in [0.3, 0.4) is 0 Å². The van der Waals surface area contributed by atoms with E-state index in [0.29, 0.717) is 0 Å². The van der Waals surface area contributed by atoms with Crippen molar-refractivity contribution in [3.05, 3.63) is 242 Å². The number of anilines is 3. The van der Waals surface area contributed by atoms with E-state index in [-0.39, 0.29) is 5.41 Å². The van der Waals surface area contributed by atoms with Crippen molar-refractivity contribution >= 4 is 60.8 Å². The highest BCUT2D eigenvalue weighted by molar-refractivity contribution is 6.12. The summed E-state index contributed by atoms with van der Waals surface area (Å²) in [6.07, 6.45) is 0. The number of fused-ring (bicyclic) bond motifs is 9. The molecule has 2 aromatic heterocycles. The number of furan rings is 1. The zero-order valence-electron chi connectivity index (χ0n) is 36.7. The van der Waals surface area contributed by atoms with Crippen LogP contribution in [0.4, 0.5) is 17.1 Å². The van der Waals surface area contributed by atoms with Gasteiger partial charge < -0.3 is 13.9 Å². The Balaban J connectivity index is 1.11. The molecule has 0 amide bonds. The third-order valence-corrected chi connectivity index (χ3v) is 14.0. The van der Waals surface area contributed by atoms with Crippen molar-refractivity contribution in [1.82, 2.24) is 4.57 Å². The molecule has 3 heteroatoms. The zero-order valence-corrected chi connectivity index (χ0v) is 36.7. The predicted octanol–water partition coefficient (Wildman–Crippen LogP) is 17.5. The van der Waals surface area contributed by atoms with Gasteiger partial charge in [-0.25, -0.2) is 0 Å². The van der Waals surface area contributed by atoms with Crippen LogP contribution in [0, 0.1) is 0 Å². The molecule has 0 saturated carbocycles. The highest BCUT2D eigenvalue weighted by atomic mass is 16.3. The molecule has 312 valence electrons. The lowest BCUT2D eigenvalue weighted by molar-refractivity contribution is 0.660. The summed E-state index contributed by atoms with van der Waals surface area (Å²) >= 11 is 0. The molecule has 13 rings (SSSR count). The first-order valence-electron chi connectivity index (χ1n) is 22.8. The van der Waals surface area contributed by atoms with Crippen molar-refractivity contribution < 1.29 is 4.42 Å². The Morgan fingerprint density at radius 1 is 0.379 bits per heavy atom. The summed E-state index contributed by atoms with van der Waals surface area (Å²) in [6.45, 7) is 4.70. The fraction of sp³-hybridized carbons (Fsp3) is 0.0476. The fourth-order valence-corrected chi connectivity index (χ4v) is 10.9. The molecule has 0 N–H and O–H groups in total. The predicted molar refractivity (Wildman–Crippen MR) is 277 cm³/mol. The van der Waals surface area contributed by atoms with Gasteiger partial charge in [-0.1, -0.05) is 172 Å². The lowest BCUT2D eigenvalue weighted by Gasteiger charge is -2.30. The lowest BCUT2D eigenvalue weighted by Crippen LogP contribution is -2.14. The van der Waals surface area contributed by atoms with Gasteiger partial charge >= 0.3 is 0 Å². The highest BCUT2D eigenvalue weighted by Crippen LogP contribution is 2.52. The molecule has 12 aromatic rings. The Labute approximate surface area is 384 Å². The quantitative estimate of drug-likeness (QED) is 0.159. The van der Waals surface area contributed by atoms with E-state index >= 15 is 0 Å². The number of para-hydroxylation sites is 3. The van der Waals surface area contributed by atoms with Gasteiger partial charge in [-0.2, -0.15) is 0 Å². The summed E-state index contributed by atoms with van der Waals surface area (Å²) in [7, 11) is 0. The van der Waals surface area contributed by atoms with Gasteiger partial charge in [-0.3, -0.25) is 0 Å². The van der Waals surface area contributed by atoms with E-state index in [1.54, 1.807) is 0 Å². The Hall–Kier alpha value is -8.40. The van der Waals surface area contributed by atoms with Gasteiger partial charge in [0, 0.05) is 49.6 Å². The molecule has 0 atom stereocenters. The molecule has 1 aliphatic carbocycles. The highest BCUT2D eigenvalue weighted by Gasteiger charge is 2.35. The van der Waals surface area contributed by atoms with E-state index in [9.17, 15) is 0 Å². The maximum absolute atomic E-state index is 6.43. The molecule has 10 aromatic carbocycles. The van der Waals surface area contributed by atoms with E-state index in [2.05, 4.69) is 248 Å². The maximum atomic E-state index is 6.43. The van der Waals surface area contributed by atoms with Crippen molar-refractivity contribution in [2.45, 2.75) is 19.3 Å². The average Bonchev–Trinajstić information content (AvgIpc) is 3.99. The number of rotatable bonds is 7. The van der Waals surface area contributed by atoms with Crippen molar-refractivity contribution in [3.8, 4) is 50.2 Å². The van der Waals surface area contributed by atoms with Gasteiger partial charge in [-0.05, 0) is 123 Å². The molecule has 0 bridgehead atoms. The van der Waals surface area contributed by atoms with E-state index < -0.39 is 0 Å². The molecule has 0 radical (unpaired) electrons. The molecule has 1 aliphatic rings. The Morgan fingerprint density at radius 3 is 1.89 bits per heavy atom. The van der Waals surface area contributed by atoms with Gasteiger partial charge in [0.1, 0.15) is 11.2 Å². The smallest absolute Gasteiger partial charge is 0.135 e. The van der Waals surface area contributed by atoms with Crippen molar-refractivity contribution in [1.29, 1.82) is 0 Å². The average molecular weight is 845 g/mol. The minimum absolute atomic E-state index is 0.0906. The molecule has 0 spiro atoms. The first-order chi connectivity index (χ1) is 32.5. The van der Waals surface area contributed by atoms with Crippen molar-refractivity contribution in [2.75, 3.05) is 4.90 Å². The summed E-state index contributed by atoms with van der Waals surface area (Å²) in [5.41, 5.74) is 20.6. The largest absolute Gasteiger partial charge is 0.456 e. The number of hydrogen-bond acceptors (Lipinski definition) is 2. The first-order valence-corrected chi connectivity index (χ1v) is 22.8. The van der Waals surface area contributed by atoms with Crippen LogP contribution in [0.25, 0.3) is 93.9 Å². The summed E-state index contributed by atoms with van der Waals surface area (Å²) in [6, 6.07) is 84.2.